The van der Waals surface area contributed by atoms with Crippen LogP contribution in [0.4, 0.5) is 0 Å². The number of halogens is 2. The molecule has 0 spiro atoms. The van der Waals surface area contributed by atoms with Crippen LogP contribution in [0.2, 0.25) is 10.0 Å². The molecule has 0 saturated carbocycles. The van der Waals surface area contributed by atoms with Crippen LogP contribution in [0.25, 0.3) is 0 Å². The van der Waals surface area contributed by atoms with E-state index in [1.807, 2.05) is 19.9 Å². The quantitative estimate of drug-likeness (QED) is 0.799. The van der Waals surface area contributed by atoms with Crippen LogP contribution in [0.1, 0.15) is 34.2 Å². The molecular weight excluding hydrogens is 295 g/mol. The largest absolute Gasteiger partial charge is 0.294 e. The molecule has 106 valence electrons. The molecule has 0 bridgehead atoms. The summed E-state index contributed by atoms with van der Waals surface area (Å²) in [6, 6.07) is 5.32. The summed E-state index contributed by atoms with van der Waals surface area (Å²) in [5.41, 5.74) is 3.11. The van der Waals surface area contributed by atoms with Gasteiger partial charge in [-0.1, -0.05) is 36.2 Å². The maximum atomic E-state index is 12.4. The van der Waals surface area contributed by atoms with Crippen LogP contribution in [0, 0.1) is 6.92 Å². The average Bonchev–Trinajstić information content (AvgIpc) is 2.68. The molecule has 5 heteroatoms. The number of benzene rings is 1. The topological polar surface area (TPSA) is 34.9 Å². The van der Waals surface area contributed by atoms with Crippen molar-refractivity contribution >= 4 is 29.0 Å². The summed E-state index contributed by atoms with van der Waals surface area (Å²) in [4.78, 5) is 12.4. The summed E-state index contributed by atoms with van der Waals surface area (Å²) < 4.78 is 1.68. The molecule has 0 unspecified atom stereocenters. The lowest BCUT2D eigenvalue weighted by molar-refractivity contribution is 0.0990. The zero-order valence-electron chi connectivity index (χ0n) is 11.7. The number of Topliss-reactive ketones (excluding diaryl/α,β-unsaturated/α-hetero) is 1. The first-order chi connectivity index (χ1) is 9.43. The van der Waals surface area contributed by atoms with E-state index in [9.17, 15) is 4.79 Å². The van der Waals surface area contributed by atoms with Crippen LogP contribution in [-0.4, -0.2) is 15.6 Å². The monoisotopic (exact) mass is 310 g/mol. The number of carbonyl (C=O) groups excluding carboxylic acids is 1. The molecule has 1 aromatic heterocycles. The van der Waals surface area contributed by atoms with Gasteiger partial charge in [-0.05, 0) is 31.0 Å². The Kier molecular flexibility index (Phi) is 4.51. The zero-order valence-corrected chi connectivity index (χ0v) is 13.2. The van der Waals surface area contributed by atoms with Crippen molar-refractivity contribution in [1.82, 2.24) is 9.78 Å². The Morgan fingerprint density at radius 3 is 2.65 bits per heavy atom. The number of carbonyl (C=O) groups is 1. The van der Waals surface area contributed by atoms with E-state index in [1.54, 1.807) is 23.9 Å². The van der Waals surface area contributed by atoms with Gasteiger partial charge >= 0.3 is 0 Å². The van der Waals surface area contributed by atoms with Crippen molar-refractivity contribution in [2.24, 2.45) is 7.05 Å². The lowest BCUT2D eigenvalue weighted by Crippen LogP contribution is -2.09. The zero-order chi connectivity index (χ0) is 14.9. The van der Waals surface area contributed by atoms with E-state index in [-0.39, 0.29) is 12.2 Å². The lowest BCUT2D eigenvalue weighted by atomic mass is 10.0. The highest BCUT2D eigenvalue weighted by molar-refractivity contribution is 6.32. The minimum Gasteiger partial charge on any atom is -0.294 e. The summed E-state index contributed by atoms with van der Waals surface area (Å²) in [6.07, 6.45) is 0.973. The molecule has 0 aliphatic rings. The first-order valence-electron chi connectivity index (χ1n) is 6.43. The maximum absolute atomic E-state index is 12.4. The molecule has 0 amide bonds. The number of hydrogen-bond donors (Lipinski definition) is 0. The molecular formula is C15H16Cl2N2O. The fraction of sp³-hybridized carbons (Fsp3) is 0.333. The molecule has 0 saturated heterocycles. The van der Waals surface area contributed by atoms with Crippen molar-refractivity contribution in [3.8, 4) is 0 Å². The van der Waals surface area contributed by atoms with Crippen molar-refractivity contribution in [3.63, 3.8) is 0 Å². The third kappa shape index (κ3) is 2.89. The molecule has 0 atom stereocenters. The Morgan fingerprint density at radius 2 is 2.05 bits per heavy atom. The number of hydrogen-bond acceptors (Lipinski definition) is 2. The molecule has 1 heterocycles. The SMILES string of the molecule is CCc1nn(C)c(CC(=O)c2cc(Cl)ccc2C)c1Cl. The summed E-state index contributed by atoms with van der Waals surface area (Å²) in [6.45, 7) is 3.88. The molecule has 3 nitrogen and oxygen atoms in total. The van der Waals surface area contributed by atoms with Crippen LogP contribution in [0.15, 0.2) is 18.2 Å². The van der Waals surface area contributed by atoms with E-state index in [1.165, 1.54) is 0 Å². The van der Waals surface area contributed by atoms with E-state index in [0.29, 0.717) is 15.6 Å². The fourth-order valence-electron chi connectivity index (χ4n) is 2.15. The van der Waals surface area contributed by atoms with Crippen molar-refractivity contribution < 1.29 is 4.79 Å². The summed E-state index contributed by atoms with van der Waals surface area (Å²) in [5, 5.41) is 5.47. The van der Waals surface area contributed by atoms with Gasteiger partial charge in [-0.15, -0.1) is 0 Å². The number of aryl methyl sites for hydroxylation is 3. The predicted octanol–water partition coefficient (Wildman–Crippen LogP) is 4.02. The van der Waals surface area contributed by atoms with Gasteiger partial charge in [-0.3, -0.25) is 9.48 Å². The normalized spacial score (nSPS) is 10.8. The Morgan fingerprint density at radius 1 is 1.35 bits per heavy atom. The number of rotatable bonds is 4. The van der Waals surface area contributed by atoms with Crippen LogP contribution >= 0.6 is 23.2 Å². The fourth-order valence-corrected chi connectivity index (χ4v) is 2.69. The first kappa shape index (κ1) is 15.1. The second kappa shape index (κ2) is 5.98. The molecule has 0 aliphatic heterocycles. The Labute approximate surface area is 128 Å². The first-order valence-corrected chi connectivity index (χ1v) is 7.19. The van der Waals surface area contributed by atoms with Crippen molar-refractivity contribution in [3.05, 3.63) is 50.8 Å². The Hall–Kier alpha value is -1.32. The highest BCUT2D eigenvalue weighted by Gasteiger charge is 2.18. The minimum absolute atomic E-state index is 0.00227. The molecule has 0 aliphatic carbocycles. The van der Waals surface area contributed by atoms with Gasteiger partial charge in [0.1, 0.15) is 0 Å². The molecule has 0 fully saturated rings. The molecule has 0 radical (unpaired) electrons. The van der Waals surface area contributed by atoms with E-state index in [2.05, 4.69) is 5.10 Å². The minimum atomic E-state index is -0.00227. The van der Waals surface area contributed by atoms with E-state index in [4.69, 9.17) is 23.2 Å². The van der Waals surface area contributed by atoms with Gasteiger partial charge in [-0.2, -0.15) is 5.10 Å². The van der Waals surface area contributed by atoms with Crippen molar-refractivity contribution in [2.75, 3.05) is 0 Å². The van der Waals surface area contributed by atoms with Gasteiger partial charge in [0.2, 0.25) is 0 Å². The van der Waals surface area contributed by atoms with Gasteiger partial charge in [-0.25, -0.2) is 0 Å². The van der Waals surface area contributed by atoms with Crippen LogP contribution in [-0.2, 0) is 19.9 Å². The number of ketones is 1. The van der Waals surface area contributed by atoms with E-state index < -0.39 is 0 Å². The Bertz CT molecular complexity index is 662. The van der Waals surface area contributed by atoms with Crippen molar-refractivity contribution in [2.45, 2.75) is 26.7 Å². The van der Waals surface area contributed by atoms with Gasteiger partial charge in [0, 0.05) is 17.6 Å². The highest BCUT2D eigenvalue weighted by Crippen LogP contribution is 2.24. The van der Waals surface area contributed by atoms with Crippen LogP contribution in [0.3, 0.4) is 0 Å². The molecule has 2 rings (SSSR count). The maximum Gasteiger partial charge on any atom is 0.169 e. The third-order valence-corrected chi connectivity index (χ3v) is 4.00. The van der Waals surface area contributed by atoms with Gasteiger partial charge in [0.15, 0.2) is 5.78 Å². The third-order valence-electron chi connectivity index (χ3n) is 3.33. The van der Waals surface area contributed by atoms with Crippen LogP contribution < -0.4 is 0 Å². The smallest absolute Gasteiger partial charge is 0.169 e. The number of aromatic nitrogens is 2. The predicted molar refractivity (Wildman–Crippen MR) is 81.8 cm³/mol. The van der Waals surface area contributed by atoms with Crippen LogP contribution in [0.5, 0.6) is 0 Å². The van der Waals surface area contributed by atoms with Gasteiger partial charge in [0.05, 0.1) is 22.8 Å². The molecule has 2 aromatic rings. The molecule has 20 heavy (non-hydrogen) atoms. The van der Waals surface area contributed by atoms with E-state index >= 15 is 0 Å². The Balaban J connectivity index is 2.33. The summed E-state index contributed by atoms with van der Waals surface area (Å²) >= 11 is 12.2. The second-order valence-corrected chi connectivity index (χ2v) is 5.56. The molecule has 0 N–H and O–H groups in total. The number of nitrogens with zero attached hydrogens (tertiary/aromatic N) is 2. The van der Waals surface area contributed by atoms with Crippen molar-refractivity contribution in [1.29, 1.82) is 0 Å². The summed E-state index contributed by atoms with van der Waals surface area (Å²) in [5.74, 6) is -0.00227. The standard InChI is InChI=1S/C15H16Cl2N2O/c1-4-12-15(17)13(19(3)18-12)8-14(20)11-7-10(16)6-5-9(11)2/h5-7H,4,8H2,1-3H3. The van der Waals surface area contributed by atoms with E-state index in [0.717, 1.165) is 23.4 Å². The molecule has 1 aromatic carbocycles. The van der Waals surface area contributed by atoms with Gasteiger partial charge in [0.25, 0.3) is 0 Å². The lowest BCUT2D eigenvalue weighted by Gasteiger charge is -2.06. The second-order valence-electron chi connectivity index (χ2n) is 4.74. The van der Waals surface area contributed by atoms with Gasteiger partial charge < -0.3 is 0 Å². The highest BCUT2D eigenvalue weighted by atomic mass is 35.5. The average molecular weight is 311 g/mol. The summed E-state index contributed by atoms with van der Waals surface area (Å²) in [7, 11) is 1.80.